The Kier molecular flexibility index (Phi) is 7.67. The molecule has 1 aliphatic rings. The van der Waals surface area contributed by atoms with E-state index >= 15 is 0 Å². The quantitative estimate of drug-likeness (QED) is 0.436. The van der Waals surface area contributed by atoms with Crippen molar-refractivity contribution in [1.29, 1.82) is 0 Å². The van der Waals surface area contributed by atoms with Crippen LogP contribution in [0.4, 0.5) is 0 Å². The van der Waals surface area contributed by atoms with E-state index < -0.39 is 10.0 Å². The highest BCUT2D eigenvalue weighted by Crippen LogP contribution is 2.16. The maximum absolute atomic E-state index is 12.0. The van der Waals surface area contributed by atoms with Gasteiger partial charge in [-0.25, -0.2) is 13.1 Å². The minimum absolute atomic E-state index is 0.0411. The number of likely N-dealkylation sites (N-methyl/N-ethyl adjacent to an activating group) is 1. The predicted octanol–water partition coefficient (Wildman–Crippen LogP) is 0.495. The number of likely N-dealkylation sites (tertiary alicyclic amines) is 1. The molecule has 7 nitrogen and oxygen atoms in total. The Bertz CT molecular complexity index is 648. The molecular formula is C17H29N5O2S. The largest absolute Gasteiger partial charge is 0.370 e. The number of hydrogen-bond donors (Lipinski definition) is 3. The SMILES string of the molecule is CCN1CCCC1CN=C(N)NCCS(=O)(=O)NCc1ccccc1. The molecule has 140 valence electrons. The van der Waals surface area contributed by atoms with Crippen molar-refractivity contribution >= 4 is 16.0 Å². The first-order valence-corrected chi connectivity index (χ1v) is 10.4. The van der Waals surface area contributed by atoms with Crippen LogP contribution in [0, 0.1) is 0 Å². The number of sulfonamides is 1. The van der Waals surface area contributed by atoms with Crippen LogP contribution >= 0.6 is 0 Å². The molecule has 1 unspecified atom stereocenters. The third-order valence-corrected chi connectivity index (χ3v) is 5.72. The molecule has 1 aliphatic heterocycles. The van der Waals surface area contributed by atoms with Crippen LogP contribution in [0.1, 0.15) is 25.3 Å². The minimum Gasteiger partial charge on any atom is -0.370 e. The Morgan fingerprint density at radius 2 is 2.12 bits per heavy atom. The van der Waals surface area contributed by atoms with Crippen LogP contribution in [0.2, 0.25) is 0 Å². The molecule has 0 amide bonds. The van der Waals surface area contributed by atoms with Gasteiger partial charge in [-0.3, -0.25) is 9.89 Å². The molecule has 4 N–H and O–H groups in total. The molecule has 0 bridgehead atoms. The normalized spacial score (nSPS) is 19.2. The van der Waals surface area contributed by atoms with Crippen molar-refractivity contribution in [2.24, 2.45) is 10.7 Å². The standard InChI is InChI=1S/C17H29N5O2S/c1-2-22-11-6-9-16(22)14-20-17(18)19-10-12-25(23,24)21-13-15-7-4-3-5-8-15/h3-5,7-8,16,21H,2,6,9-14H2,1H3,(H3,18,19,20). The summed E-state index contributed by atoms with van der Waals surface area (Å²) in [5, 5.41) is 2.88. The topological polar surface area (TPSA) is 99.8 Å². The summed E-state index contributed by atoms with van der Waals surface area (Å²) >= 11 is 0. The molecule has 1 atom stereocenters. The second kappa shape index (κ2) is 9.74. The third kappa shape index (κ3) is 7.01. The Labute approximate surface area is 150 Å². The lowest BCUT2D eigenvalue weighted by Crippen LogP contribution is -2.39. The van der Waals surface area contributed by atoms with Crippen LogP contribution in [-0.2, 0) is 16.6 Å². The van der Waals surface area contributed by atoms with Gasteiger partial charge in [-0.15, -0.1) is 0 Å². The molecule has 1 fully saturated rings. The molecule has 1 aromatic carbocycles. The van der Waals surface area contributed by atoms with Gasteiger partial charge < -0.3 is 11.1 Å². The second-order valence-electron chi connectivity index (χ2n) is 6.20. The summed E-state index contributed by atoms with van der Waals surface area (Å²) in [6, 6.07) is 9.87. The molecule has 0 radical (unpaired) electrons. The molecule has 1 saturated heterocycles. The number of rotatable bonds is 9. The van der Waals surface area contributed by atoms with E-state index in [1.165, 1.54) is 6.42 Å². The fourth-order valence-corrected chi connectivity index (χ4v) is 3.85. The molecule has 0 aromatic heterocycles. The van der Waals surface area contributed by atoms with Crippen LogP contribution in [0.15, 0.2) is 35.3 Å². The maximum atomic E-state index is 12.0. The molecule has 0 saturated carbocycles. The summed E-state index contributed by atoms with van der Waals surface area (Å²) in [5.74, 6) is 0.266. The zero-order valence-corrected chi connectivity index (χ0v) is 15.6. The average Bonchev–Trinajstić information content (AvgIpc) is 3.07. The smallest absolute Gasteiger partial charge is 0.213 e. The van der Waals surface area contributed by atoms with E-state index in [4.69, 9.17) is 5.73 Å². The fraction of sp³-hybridized carbons (Fsp3) is 0.588. The van der Waals surface area contributed by atoms with Gasteiger partial charge in [-0.1, -0.05) is 37.3 Å². The van der Waals surface area contributed by atoms with Crippen molar-refractivity contribution in [2.45, 2.75) is 32.4 Å². The van der Waals surface area contributed by atoms with Crippen LogP contribution in [-0.4, -0.2) is 57.3 Å². The molecule has 2 rings (SSSR count). The lowest BCUT2D eigenvalue weighted by molar-refractivity contribution is 0.273. The summed E-state index contributed by atoms with van der Waals surface area (Å²) in [5.41, 5.74) is 6.77. The summed E-state index contributed by atoms with van der Waals surface area (Å²) in [7, 11) is -3.35. The van der Waals surface area contributed by atoms with Gasteiger partial charge in [0.2, 0.25) is 10.0 Å². The molecule has 1 heterocycles. The van der Waals surface area contributed by atoms with Gasteiger partial charge in [0.15, 0.2) is 5.96 Å². The molecule has 25 heavy (non-hydrogen) atoms. The van der Waals surface area contributed by atoms with Crippen LogP contribution in [0.25, 0.3) is 0 Å². The van der Waals surface area contributed by atoms with Crippen LogP contribution < -0.4 is 15.8 Å². The van der Waals surface area contributed by atoms with Crippen LogP contribution in [0.3, 0.4) is 0 Å². The van der Waals surface area contributed by atoms with Crippen molar-refractivity contribution < 1.29 is 8.42 Å². The Balaban J connectivity index is 1.68. The van der Waals surface area contributed by atoms with Crippen molar-refractivity contribution in [2.75, 3.05) is 31.9 Å². The number of nitrogens with two attached hydrogens (primary N) is 1. The molecule has 8 heteroatoms. The lowest BCUT2D eigenvalue weighted by atomic mass is 10.2. The summed E-state index contributed by atoms with van der Waals surface area (Å²) in [6.07, 6.45) is 2.34. The van der Waals surface area contributed by atoms with Gasteiger partial charge in [-0.05, 0) is 31.5 Å². The number of benzene rings is 1. The lowest BCUT2D eigenvalue weighted by Gasteiger charge is -2.20. The van der Waals surface area contributed by atoms with Gasteiger partial charge >= 0.3 is 0 Å². The minimum atomic E-state index is -3.35. The van der Waals surface area contributed by atoms with Gasteiger partial charge in [0.1, 0.15) is 0 Å². The number of nitrogens with one attached hydrogen (secondary N) is 2. The van der Waals surface area contributed by atoms with E-state index in [1.54, 1.807) is 0 Å². The number of guanidine groups is 1. The maximum Gasteiger partial charge on any atom is 0.213 e. The average molecular weight is 368 g/mol. The first kappa shape index (κ1) is 19.7. The Morgan fingerprint density at radius 1 is 1.36 bits per heavy atom. The molecule has 0 spiro atoms. The van der Waals surface area contributed by atoms with Gasteiger partial charge in [0, 0.05) is 19.1 Å². The van der Waals surface area contributed by atoms with Gasteiger partial charge in [-0.2, -0.15) is 0 Å². The summed E-state index contributed by atoms with van der Waals surface area (Å²) in [6.45, 7) is 5.49. The third-order valence-electron chi connectivity index (χ3n) is 4.39. The van der Waals surface area contributed by atoms with E-state index in [0.717, 1.165) is 25.1 Å². The van der Waals surface area contributed by atoms with Crippen LogP contribution in [0.5, 0.6) is 0 Å². The highest BCUT2D eigenvalue weighted by molar-refractivity contribution is 7.89. The number of nitrogens with zero attached hydrogens (tertiary/aromatic N) is 2. The van der Waals surface area contributed by atoms with E-state index in [0.29, 0.717) is 25.1 Å². The van der Waals surface area contributed by atoms with E-state index in [9.17, 15) is 8.42 Å². The van der Waals surface area contributed by atoms with Crippen molar-refractivity contribution in [3.05, 3.63) is 35.9 Å². The second-order valence-corrected chi connectivity index (χ2v) is 8.13. The first-order valence-electron chi connectivity index (χ1n) is 8.79. The van der Waals surface area contributed by atoms with Gasteiger partial charge in [0.05, 0.1) is 12.3 Å². The zero-order valence-electron chi connectivity index (χ0n) is 14.8. The monoisotopic (exact) mass is 367 g/mol. The fourth-order valence-electron chi connectivity index (χ4n) is 2.95. The summed E-state index contributed by atoms with van der Waals surface area (Å²) in [4.78, 5) is 6.74. The Hall–Kier alpha value is -1.64. The molecule has 1 aromatic rings. The highest BCUT2D eigenvalue weighted by Gasteiger charge is 2.22. The Morgan fingerprint density at radius 3 is 2.84 bits per heavy atom. The zero-order chi connectivity index (χ0) is 18.1. The molecule has 0 aliphatic carbocycles. The molecular weight excluding hydrogens is 338 g/mol. The van der Waals surface area contributed by atoms with E-state index in [1.807, 2.05) is 30.3 Å². The highest BCUT2D eigenvalue weighted by atomic mass is 32.2. The van der Waals surface area contributed by atoms with Crippen molar-refractivity contribution in [3.8, 4) is 0 Å². The van der Waals surface area contributed by atoms with E-state index in [-0.39, 0.29) is 12.3 Å². The van der Waals surface area contributed by atoms with Gasteiger partial charge in [0.25, 0.3) is 0 Å². The number of hydrogen-bond acceptors (Lipinski definition) is 4. The first-order chi connectivity index (χ1) is 12.0. The summed E-state index contributed by atoms with van der Waals surface area (Å²) < 4.78 is 26.6. The number of aliphatic imine (C=N–C) groups is 1. The predicted molar refractivity (Wildman–Crippen MR) is 102 cm³/mol. The van der Waals surface area contributed by atoms with Crippen molar-refractivity contribution in [1.82, 2.24) is 14.9 Å². The van der Waals surface area contributed by atoms with Crippen molar-refractivity contribution in [3.63, 3.8) is 0 Å². The van der Waals surface area contributed by atoms with E-state index in [2.05, 4.69) is 26.9 Å².